The Hall–Kier alpha value is -2.40. The molecule has 0 unspecified atom stereocenters. The second-order valence-electron chi connectivity index (χ2n) is 5.40. The van der Waals surface area contributed by atoms with Gasteiger partial charge in [-0.2, -0.15) is 5.26 Å². The first-order valence-electron chi connectivity index (χ1n) is 7.25. The highest BCUT2D eigenvalue weighted by molar-refractivity contribution is 6.00. The van der Waals surface area contributed by atoms with Crippen molar-refractivity contribution in [1.29, 1.82) is 5.26 Å². The van der Waals surface area contributed by atoms with Gasteiger partial charge >= 0.3 is 0 Å². The number of nitrogens with zero attached hydrogens (tertiary/aromatic N) is 1. The molecule has 0 radical (unpaired) electrons. The third-order valence-electron chi connectivity index (χ3n) is 3.64. The van der Waals surface area contributed by atoms with E-state index in [1.54, 1.807) is 6.07 Å². The summed E-state index contributed by atoms with van der Waals surface area (Å²) in [6.45, 7) is 5.88. The summed E-state index contributed by atoms with van der Waals surface area (Å²) < 4.78 is 0. The van der Waals surface area contributed by atoms with Crippen molar-refractivity contribution in [3.05, 3.63) is 59.2 Å². The number of ketones is 1. The van der Waals surface area contributed by atoms with E-state index in [0.717, 1.165) is 28.7 Å². The number of rotatable bonds is 4. The Morgan fingerprint density at radius 3 is 2.52 bits per heavy atom. The quantitative estimate of drug-likeness (QED) is 0.765. The molecule has 21 heavy (non-hydrogen) atoms. The van der Waals surface area contributed by atoms with E-state index in [0.29, 0.717) is 5.56 Å². The Bertz CT molecular complexity index is 708. The van der Waals surface area contributed by atoms with Gasteiger partial charge in [0.15, 0.2) is 5.78 Å². The van der Waals surface area contributed by atoms with E-state index in [1.165, 1.54) is 0 Å². The van der Waals surface area contributed by atoms with Crippen LogP contribution in [0.4, 0.5) is 0 Å². The first-order chi connectivity index (χ1) is 10.1. The summed E-state index contributed by atoms with van der Waals surface area (Å²) >= 11 is 0. The molecule has 2 heteroatoms. The van der Waals surface area contributed by atoms with Crippen molar-refractivity contribution >= 4 is 5.78 Å². The largest absolute Gasteiger partial charge is 0.294 e. The van der Waals surface area contributed by atoms with Gasteiger partial charge in [0.25, 0.3) is 0 Å². The van der Waals surface area contributed by atoms with Gasteiger partial charge in [0, 0.05) is 11.5 Å². The fourth-order valence-electron chi connectivity index (χ4n) is 2.43. The molecule has 106 valence electrons. The fraction of sp³-hybridized carbons (Fsp3) is 0.263. The Balaban J connectivity index is 2.60. The average Bonchev–Trinajstić information content (AvgIpc) is 2.53. The molecule has 0 fully saturated rings. The van der Waals surface area contributed by atoms with Crippen LogP contribution in [0.3, 0.4) is 0 Å². The molecule has 0 aliphatic heterocycles. The topological polar surface area (TPSA) is 40.9 Å². The van der Waals surface area contributed by atoms with Crippen molar-refractivity contribution in [3.63, 3.8) is 0 Å². The van der Waals surface area contributed by atoms with Crippen LogP contribution >= 0.6 is 0 Å². The van der Waals surface area contributed by atoms with Crippen molar-refractivity contribution < 1.29 is 4.79 Å². The third kappa shape index (κ3) is 3.03. The van der Waals surface area contributed by atoms with Gasteiger partial charge in [-0.15, -0.1) is 0 Å². The van der Waals surface area contributed by atoms with Crippen LogP contribution in [-0.2, 0) is 6.42 Å². The molecule has 0 atom stereocenters. The molecule has 2 nitrogen and oxygen atoms in total. The van der Waals surface area contributed by atoms with Crippen LogP contribution in [0.15, 0.2) is 42.5 Å². The van der Waals surface area contributed by atoms with E-state index < -0.39 is 0 Å². The summed E-state index contributed by atoms with van der Waals surface area (Å²) in [5, 5.41) is 9.23. The van der Waals surface area contributed by atoms with Crippen LogP contribution in [0.1, 0.15) is 42.3 Å². The van der Waals surface area contributed by atoms with Crippen molar-refractivity contribution in [2.45, 2.75) is 27.2 Å². The number of nitriles is 1. The Morgan fingerprint density at radius 2 is 1.90 bits per heavy atom. The first kappa shape index (κ1) is 15.0. The van der Waals surface area contributed by atoms with Gasteiger partial charge in [-0.3, -0.25) is 4.79 Å². The van der Waals surface area contributed by atoms with Crippen LogP contribution in [0.25, 0.3) is 11.1 Å². The maximum Gasteiger partial charge on any atom is 0.165 e. The highest BCUT2D eigenvalue weighted by Crippen LogP contribution is 2.27. The van der Waals surface area contributed by atoms with Gasteiger partial charge in [0.2, 0.25) is 0 Å². The molecule has 0 saturated carbocycles. The second kappa shape index (κ2) is 6.37. The van der Waals surface area contributed by atoms with E-state index in [-0.39, 0.29) is 11.7 Å². The number of hydrogen-bond donors (Lipinski definition) is 0. The minimum atomic E-state index is -0.0308. The van der Waals surface area contributed by atoms with Gasteiger partial charge in [-0.25, -0.2) is 0 Å². The predicted octanol–water partition coefficient (Wildman–Crippen LogP) is 4.63. The molecule has 0 aliphatic rings. The number of Topliss-reactive ketones (excluding diaryl/α,β-unsaturated/α-hetero) is 1. The third-order valence-corrected chi connectivity index (χ3v) is 3.64. The normalized spacial score (nSPS) is 10.4. The molecule has 0 N–H and O–H groups in total. The van der Waals surface area contributed by atoms with E-state index in [1.807, 2.05) is 50.2 Å². The minimum absolute atomic E-state index is 0.0308. The Kier molecular flexibility index (Phi) is 4.55. The van der Waals surface area contributed by atoms with Crippen LogP contribution in [0.2, 0.25) is 0 Å². The SMILES string of the molecule is CCc1ccc(-c2ccccc2C#N)cc1C(=O)C(C)C. The lowest BCUT2D eigenvalue weighted by molar-refractivity contribution is 0.0938. The molecule has 2 rings (SSSR count). The molecular weight excluding hydrogens is 258 g/mol. The summed E-state index contributed by atoms with van der Waals surface area (Å²) in [5.41, 5.74) is 4.27. The average molecular weight is 277 g/mol. The fourth-order valence-corrected chi connectivity index (χ4v) is 2.43. The van der Waals surface area contributed by atoms with E-state index in [9.17, 15) is 10.1 Å². The first-order valence-corrected chi connectivity index (χ1v) is 7.25. The summed E-state index contributed by atoms with van der Waals surface area (Å²) in [5.74, 6) is 0.125. The summed E-state index contributed by atoms with van der Waals surface area (Å²) in [4.78, 5) is 12.4. The molecule has 0 aliphatic carbocycles. The lowest BCUT2D eigenvalue weighted by Crippen LogP contribution is -2.10. The number of carbonyl (C=O) groups is 1. The molecular formula is C19H19NO. The number of benzene rings is 2. The highest BCUT2D eigenvalue weighted by atomic mass is 16.1. The maximum atomic E-state index is 12.4. The molecule has 0 heterocycles. The van der Waals surface area contributed by atoms with E-state index in [2.05, 4.69) is 13.0 Å². The van der Waals surface area contributed by atoms with E-state index in [4.69, 9.17) is 0 Å². The van der Waals surface area contributed by atoms with Crippen molar-refractivity contribution in [2.75, 3.05) is 0 Å². The number of hydrogen-bond acceptors (Lipinski definition) is 2. The van der Waals surface area contributed by atoms with Crippen LogP contribution in [0.5, 0.6) is 0 Å². The predicted molar refractivity (Wildman–Crippen MR) is 85.1 cm³/mol. The molecule has 0 aromatic heterocycles. The lowest BCUT2D eigenvalue weighted by Gasteiger charge is -2.12. The van der Waals surface area contributed by atoms with Gasteiger partial charge in [0.05, 0.1) is 11.6 Å². The van der Waals surface area contributed by atoms with Crippen LogP contribution in [-0.4, -0.2) is 5.78 Å². The molecule has 0 amide bonds. The van der Waals surface area contributed by atoms with Gasteiger partial charge in [-0.1, -0.05) is 51.1 Å². The zero-order chi connectivity index (χ0) is 15.4. The Labute approximate surface area is 126 Å². The van der Waals surface area contributed by atoms with Crippen molar-refractivity contribution in [3.8, 4) is 17.2 Å². The number of carbonyl (C=O) groups excluding carboxylic acids is 1. The molecule has 0 spiro atoms. The van der Waals surface area contributed by atoms with Gasteiger partial charge in [-0.05, 0) is 35.2 Å². The van der Waals surface area contributed by atoms with Gasteiger partial charge < -0.3 is 0 Å². The molecule has 2 aromatic carbocycles. The summed E-state index contributed by atoms with van der Waals surface area (Å²) in [7, 11) is 0. The smallest absolute Gasteiger partial charge is 0.165 e. The molecule has 2 aromatic rings. The summed E-state index contributed by atoms with van der Waals surface area (Å²) in [6, 6.07) is 15.6. The zero-order valence-electron chi connectivity index (χ0n) is 12.7. The Morgan fingerprint density at radius 1 is 1.19 bits per heavy atom. The maximum absolute atomic E-state index is 12.4. The van der Waals surface area contributed by atoms with Crippen LogP contribution < -0.4 is 0 Å². The standard InChI is InChI=1S/C19H19NO/c1-4-14-9-10-15(11-18(14)19(21)13(2)3)17-8-6-5-7-16(17)12-20/h5-11,13H,4H2,1-3H3. The summed E-state index contributed by atoms with van der Waals surface area (Å²) in [6.07, 6.45) is 0.827. The van der Waals surface area contributed by atoms with Gasteiger partial charge in [0.1, 0.15) is 0 Å². The highest BCUT2D eigenvalue weighted by Gasteiger charge is 2.16. The molecule has 0 saturated heterocycles. The van der Waals surface area contributed by atoms with E-state index >= 15 is 0 Å². The number of aryl methyl sites for hydroxylation is 1. The zero-order valence-corrected chi connectivity index (χ0v) is 12.7. The molecule has 0 bridgehead atoms. The van der Waals surface area contributed by atoms with Crippen molar-refractivity contribution in [2.24, 2.45) is 5.92 Å². The lowest BCUT2D eigenvalue weighted by atomic mass is 9.90. The van der Waals surface area contributed by atoms with Crippen molar-refractivity contribution in [1.82, 2.24) is 0 Å². The monoisotopic (exact) mass is 277 g/mol. The van der Waals surface area contributed by atoms with Crippen LogP contribution in [0, 0.1) is 17.2 Å². The minimum Gasteiger partial charge on any atom is -0.294 e. The second-order valence-corrected chi connectivity index (χ2v) is 5.40.